The lowest BCUT2D eigenvalue weighted by Crippen LogP contribution is -2.68. The zero-order valence-corrected chi connectivity index (χ0v) is 20.0. The minimum atomic E-state index is -0.788. The number of aliphatic hydroxyl groups excluding tert-OH is 1. The highest BCUT2D eigenvalue weighted by atomic mass is 16.5. The number of carboxylic acid groups (broad SMARTS) is 1. The first kappa shape index (κ1) is 20.9. The summed E-state index contributed by atoms with van der Waals surface area (Å²) in [6.07, 6.45) is 8.03. The van der Waals surface area contributed by atoms with Gasteiger partial charge in [0.15, 0.2) is 6.10 Å². The lowest BCUT2D eigenvalue weighted by Gasteiger charge is -2.64. The molecule has 6 aliphatic rings. The Balaban J connectivity index is 1.37. The topological polar surface area (TPSA) is 70.0 Å². The maximum atomic E-state index is 11.7. The Kier molecular flexibility index (Phi) is 3.97. The Labute approximate surface area is 186 Å². The van der Waals surface area contributed by atoms with Crippen LogP contribution in [0.2, 0.25) is 0 Å². The van der Waals surface area contributed by atoms with Gasteiger partial charge in [0.25, 0.3) is 0 Å². The number of carbonyl (C=O) groups is 1. The molecule has 0 bridgehead atoms. The monoisotopic (exact) mass is 431 g/mol. The van der Waals surface area contributed by atoms with Crippen LogP contribution in [0.4, 0.5) is 0 Å². The molecule has 174 valence electrons. The van der Waals surface area contributed by atoms with Gasteiger partial charge in [0, 0.05) is 11.1 Å². The van der Waals surface area contributed by atoms with Gasteiger partial charge < -0.3 is 14.9 Å². The summed E-state index contributed by atoms with van der Waals surface area (Å²) in [5.74, 6) is 0.774. The molecule has 10 atom stereocenters. The number of piperidine rings is 2. The van der Waals surface area contributed by atoms with Crippen molar-refractivity contribution in [3.05, 3.63) is 0 Å². The third-order valence-corrected chi connectivity index (χ3v) is 12.3. The van der Waals surface area contributed by atoms with E-state index in [1.54, 1.807) is 0 Å². The molecule has 0 aromatic carbocycles. The van der Waals surface area contributed by atoms with Gasteiger partial charge in [-0.05, 0) is 106 Å². The molecular formula is C26H41NO4. The second-order valence-corrected chi connectivity index (χ2v) is 13.3. The lowest BCUT2D eigenvalue weighted by atomic mass is 9.45. The van der Waals surface area contributed by atoms with E-state index in [-0.39, 0.29) is 34.1 Å². The van der Waals surface area contributed by atoms with Crippen molar-refractivity contribution in [1.29, 1.82) is 0 Å². The highest BCUT2D eigenvalue weighted by Gasteiger charge is 2.83. The van der Waals surface area contributed by atoms with Crippen molar-refractivity contribution in [1.82, 2.24) is 4.90 Å². The first-order valence-corrected chi connectivity index (χ1v) is 12.8. The van der Waals surface area contributed by atoms with Gasteiger partial charge in [-0.1, -0.05) is 20.8 Å². The molecule has 2 spiro atoms. The fourth-order valence-corrected chi connectivity index (χ4v) is 10.8. The van der Waals surface area contributed by atoms with Crippen LogP contribution in [0.1, 0.15) is 86.0 Å². The van der Waals surface area contributed by atoms with Gasteiger partial charge in [-0.2, -0.15) is 0 Å². The quantitative estimate of drug-likeness (QED) is 0.655. The molecule has 5 heteroatoms. The maximum Gasteiger partial charge on any atom is 0.332 e. The van der Waals surface area contributed by atoms with Gasteiger partial charge in [-0.25, -0.2) is 4.79 Å². The van der Waals surface area contributed by atoms with Gasteiger partial charge in [-0.15, -0.1) is 0 Å². The molecule has 3 aliphatic heterocycles. The largest absolute Gasteiger partial charge is 0.479 e. The maximum absolute atomic E-state index is 11.7. The fraction of sp³-hybridized carbons (Fsp3) is 0.962. The van der Waals surface area contributed by atoms with Crippen molar-refractivity contribution in [3.63, 3.8) is 0 Å². The summed E-state index contributed by atoms with van der Waals surface area (Å²) in [5, 5.41) is 20.4. The minimum absolute atomic E-state index is 0.0901. The molecule has 0 radical (unpaired) electrons. The van der Waals surface area contributed by atoms with Crippen molar-refractivity contribution in [3.8, 4) is 0 Å². The van der Waals surface area contributed by atoms with Crippen LogP contribution in [-0.4, -0.2) is 57.0 Å². The average molecular weight is 432 g/mol. The van der Waals surface area contributed by atoms with E-state index in [9.17, 15) is 15.0 Å². The van der Waals surface area contributed by atoms with Crippen molar-refractivity contribution >= 4 is 5.97 Å². The average Bonchev–Trinajstić information content (AvgIpc) is 3.29. The molecule has 3 aliphatic carbocycles. The number of aliphatic hydroxyl groups is 1. The van der Waals surface area contributed by atoms with Crippen molar-refractivity contribution < 1.29 is 19.7 Å². The Morgan fingerprint density at radius 2 is 1.81 bits per heavy atom. The second kappa shape index (κ2) is 5.88. The molecule has 0 amide bonds. The number of nitrogens with zero attached hydrogens (tertiary/aromatic N) is 1. The molecule has 3 saturated heterocycles. The summed E-state index contributed by atoms with van der Waals surface area (Å²) in [4.78, 5) is 14.5. The molecule has 3 saturated carbocycles. The van der Waals surface area contributed by atoms with Gasteiger partial charge >= 0.3 is 5.97 Å². The Bertz CT molecular complexity index is 828. The van der Waals surface area contributed by atoms with E-state index in [1.165, 1.54) is 25.7 Å². The number of aliphatic carboxylic acids is 1. The molecule has 6 fully saturated rings. The summed E-state index contributed by atoms with van der Waals surface area (Å²) in [6.45, 7) is 13.0. The van der Waals surface area contributed by atoms with Crippen LogP contribution in [0, 0.1) is 34.0 Å². The highest BCUT2D eigenvalue weighted by molar-refractivity contribution is 5.72. The predicted molar refractivity (Wildman–Crippen MR) is 118 cm³/mol. The highest BCUT2D eigenvalue weighted by Crippen LogP contribution is 2.83. The van der Waals surface area contributed by atoms with Crippen LogP contribution in [0.15, 0.2) is 0 Å². The number of carboxylic acids is 1. The minimum Gasteiger partial charge on any atom is -0.479 e. The standard InChI is InChI=1S/C26H41NO4/c1-15-12-16(21(29)30)31-17-13-24(5)18-7-11-27-22(2,3)19(28)6-8-26(27)14-25(18,26)10-9-23(24,4)20(15)17/h15-20,28H,6-14H2,1-5H3,(H,29,30)/t15-,16?,17?,18+,19+,20?,23-,24+,25+,26+/m1/s1. The Hall–Kier alpha value is -0.650. The second-order valence-electron chi connectivity index (χ2n) is 13.3. The van der Waals surface area contributed by atoms with E-state index in [0.29, 0.717) is 29.6 Å². The third-order valence-electron chi connectivity index (χ3n) is 12.3. The predicted octanol–water partition coefficient (Wildman–Crippen LogP) is 4.08. The summed E-state index contributed by atoms with van der Waals surface area (Å²) < 4.78 is 6.30. The number of ether oxygens (including phenoxy) is 1. The van der Waals surface area contributed by atoms with Crippen molar-refractivity contribution in [2.75, 3.05) is 6.54 Å². The normalized spacial score (nSPS) is 59.5. The number of rotatable bonds is 1. The molecule has 2 N–H and O–H groups in total. The molecule has 5 nitrogen and oxygen atoms in total. The van der Waals surface area contributed by atoms with Gasteiger partial charge in [0.05, 0.1) is 12.2 Å². The SMILES string of the molecule is C[C@@H]1CC(C(=O)O)OC2C[C@@]3(C)[C@@H]4CCN5C(C)(C)[C@@H](O)CC[C@@]56C[C@@]46CC[C@]3(C)C21. The van der Waals surface area contributed by atoms with Crippen molar-refractivity contribution in [2.24, 2.45) is 34.0 Å². The first-order valence-electron chi connectivity index (χ1n) is 12.8. The molecule has 0 aromatic rings. The van der Waals surface area contributed by atoms with E-state index < -0.39 is 12.1 Å². The van der Waals surface area contributed by atoms with E-state index in [0.717, 1.165) is 25.8 Å². The number of hydrogen-bond donors (Lipinski definition) is 2. The van der Waals surface area contributed by atoms with Gasteiger partial charge in [0.2, 0.25) is 0 Å². The summed E-state index contributed by atoms with van der Waals surface area (Å²) in [5.41, 5.74) is 0.973. The Morgan fingerprint density at radius 3 is 2.52 bits per heavy atom. The molecule has 31 heavy (non-hydrogen) atoms. The Morgan fingerprint density at radius 1 is 1.06 bits per heavy atom. The zero-order valence-electron chi connectivity index (χ0n) is 20.0. The molecule has 0 aromatic heterocycles. The molecular weight excluding hydrogens is 390 g/mol. The molecule has 3 heterocycles. The first-order chi connectivity index (χ1) is 14.4. The smallest absolute Gasteiger partial charge is 0.332 e. The summed E-state index contributed by atoms with van der Waals surface area (Å²) in [6, 6.07) is 0. The van der Waals surface area contributed by atoms with Crippen molar-refractivity contribution in [2.45, 2.75) is 115 Å². The van der Waals surface area contributed by atoms with Crippen LogP contribution in [0.25, 0.3) is 0 Å². The summed E-state index contributed by atoms with van der Waals surface area (Å²) >= 11 is 0. The van der Waals surface area contributed by atoms with Crippen LogP contribution in [0.5, 0.6) is 0 Å². The van der Waals surface area contributed by atoms with Gasteiger partial charge in [-0.3, -0.25) is 4.90 Å². The lowest BCUT2D eigenvalue weighted by molar-refractivity contribution is -0.179. The van der Waals surface area contributed by atoms with E-state index in [4.69, 9.17) is 4.74 Å². The fourth-order valence-electron chi connectivity index (χ4n) is 10.8. The zero-order chi connectivity index (χ0) is 22.2. The van der Waals surface area contributed by atoms with Gasteiger partial charge in [0.1, 0.15) is 0 Å². The third kappa shape index (κ3) is 2.18. The number of fused-ring (bicyclic) bond motifs is 4. The van der Waals surface area contributed by atoms with E-state index >= 15 is 0 Å². The molecule has 3 unspecified atom stereocenters. The van der Waals surface area contributed by atoms with Crippen LogP contribution in [0.3, 0.4) is 0 Å². The van der Waals surface area contributed by atoms with E-state index in [2.05, 4.69) is 39.5 Å². The summed E-state index contributed by atoms with van der Waals surface area (Å²) in [7, 11) is 0. The number of hydrogen-bond acceptors (Lipinski definition) is 4. The van der Waals surface area contributed by atoms with E-state index in [1.807, 2.05) is 0 Å². The van der Waals surface area contributed by atoms with Crippen LogP contribution in [-0.2, 0) is 9.53 Å². The van der Waals surface area contributed by atoms with Crippen LogP contribution < -0.4 is 0 Å². The van der Waals surface area contributed by atoms with Crippen LogP contribution >= 0.6 is 0 Å². The molecule has 6 rings (SSSR count).